The summed E-state index contributed by atoms with van der Waals surface area (Å²) in [6, 6.07) is 53.2. The molecule has 0 spiro atoms. The van der Waals surface area contributed by atoms with Crippen LogP contribution in [0.3, 0.4) is 0 Å². The number of hydrogen-bond acceptors (Lipinski definition) is 24. The highest BCUT2D eigenvalue weighted by Crippen LogP contribution is 2.33. The fourth-order valence-corrected chi connectivity index (χ4v) is 11.5. The monoisotopic (exact) mass is 1530 g/mol. The summed E-state index contributed by atoms with van der Waals surface area (Å²) < 4.78 is 82.1. The first-order chi connectivity index (χ1) is 54.7. The van der Waals surface area contributed by atoms with E-state index in [0.29, 0.717) is 99.4 Å². The number of benzene rings is 7. The molecule has 0 saturated carbocycles. The molecule has 8 saturated heterocycles. The largest absolute Gasteiger partial charge is 0.494 e. The lowest BCUT2D eigenvalue weighted by Gasteiger charge is -2.12. The van der Waals surface area contributed by atoms with Gasteiger partial charge in [-0.2, -0.15) is 0 Å². The number of unbranched alkanes of at least 4 members (excludes halogenated alkanes) is 1. The number of carbonyl (C=O) groups excluding carboxylic acids is 4. The highest BCUT2D eigenvalue weighted by Gasteiger charge is 2.31. The van der Waals surface area contributed by atoms with Gasteiger partial charge in [0.1, 0.15) is 87.6 Å². The predicted octanol–water partition coefficient (Wildman–Crippen LogP) is 10.4. The molecule has 26 heteroatoms. The van der Waals surface area contributed by atoms with Gasteiger partial charge in [-0.3, -0.25) is 23.5 Å². The van der Waals surface area contributed by atoms with Gasteiger partial charge in [0.15, 0.2) is 11.6 Å². The Morgan fingerprint density at radius 1 is 0.446 bits per heavy atom. The third-order valence-corrected chi connectivity index (χ3v) is 18.7. The Labute approximate surface area is 646 Å². The molecule has 7 aromatic carbocycles. The third kappa shape index (κ3) is 24.5. The number of hydrogen-bond donors (Lipinski definition) is 0. The van der Waals surface area contributed by atoms with Gasteiger partial charge in [0.05, 0.1) is 90.3 Å². The average Bonchev–Trinajstić information content (AvgIpc) is 1.74. The Balaban J connectivity index is 0.000000127. The van der Waals surface area contributed by atoms with Crippen LogP contribution in [0.4, 0.5) is 0 Å². The van der Waals surface area contributed by atoms with Crippen molar-refractivity contribution in [2.24, 2.45) is 0 Å². The minimum absolute atomic E-state index is 0.00218. The van der Waals surface area contributed by atoms with Crippen molar-refractivity contribution in [1.29, 1.82) is 0 Å². The molecule has 0 bridgehead atoms. The van der Waals surface area contributed by atoms with E-state index in [4.69, 9.17) is 71.1 Å². The summed E-state index contributed by atoms with van der Waals surface area (Å²) in [6.07, 6.45) is 6.79. The van der Waals surface area contributed by atoms with E-state index in [1.807, 2.05) is 60.7 Å². The smallest absolute Gasteiger partial charge is 0.338 e. The fraction of sp³-hybridized carbons (Fsp3) is 0.360. The Hall–Kier alpha value is -10.9. The molecule has 9 aromatic rings. The van der Waals surface area contributed by atoms with Crippen molar-refractivity contribution in [3.05, 3.63) is 287 Å². The van der Waals surface area contributed by atoms with E-state index in [2.05, 4.69) is 57.9 Å². The van der Waals surface area contributed by atoms with Gasteiger partial charge in [-0.1, -0.05) is 140 Å². The average molecular weight is 1530 g/mol. The lowest BCUT2D eigenvalue weighted by atomic mass is 9.97. The summed E-state index contributed by atoms with van der Waals surface area (Å²) in [5.74, 6) is -0.212. The van der Waals surface area contributed by atoms with Gasteiger partial charge in [0, 0.05) is 42.3 Å². The van der Waals surface area contributed by atoms with Gasteiger partial charge in [0.25, 0.3) is 5.56 Å². The summed E-state index contributed by atoms with van der Waals surface area (Å²) in [7, 11) is 0. The molecule has 0 N–H and O–H groups in total. The molecule has 10 heterocycles. The van der Waals surface area contributed by atoms with E-state index in [1.54, 1.807) is 96.6 Å². The molecule has 8 aliphatic heterocycles. The van der Waals surface area contributed by atoms with E-state index in [-0.39, 0.29) is 110 Å². The molecule has 8 fully saturated rings. The molecular formula is C86H87N5O21. The highest BCUT2D eigenvalue weighted by molar-refractivity contribution is 6.03. The molecule has 112 heavy (non-hydrogen) atoms. The molecule has 582 valence electrons. The number of carbonyl (C=O) groups is 4. The van der Waals surface area contributed by atoms with Crippen molar-refractivity contribution in [2.45, 2.75) is 101 Å². The van der Waals surface area contributed by atoms with Crippen molar-refractivity contribution in [3.63, 3.8) is 0 Å². The maximum atomic E-state index is 13.0. The molecule has 0 aliphatic carbocycles. The topological polar surface area (TPSA) is 316 Å². The van der Waals surface area contributed by atoms with Crippen LogP contribution in [0.5, 0.6) is 23.8 Å². The summed E-state index contributed by atoms with van der Waals surface area (Å²) in [5.41, 5.74) is 11.1. The van der Waals surface area contributed by atoms with Crippen molar-refractivity contribution >= 4 is 23.5 Å². The minimum atomic E-state index is -0.428. The lowest BCUT2D eigenvalue weighted by Crippen LogP contribution is -2.41. The van der Waals surface area contributed by atoms with Crippen molar-refractivity contribution in [2.75, 3.05) is 99.1 Å². The van der Waals surface area contributed by atoms with Gasteiger partial charge >= 0.3 is 35.7 Å². The van der Waals surface area contributed by atoms with Gasteiger partial charge in [-0.05, 0) is 112 Å². The van der Waals surface area contributed by atoms with Crippen molar-refractivity contribution < 1.29 is 90.2 Å². The third-order valence-electron chi connectivity index (χ3n) is 18.7. The first-order valence-electron chi connectivity index (χ1n) is 37.5. The van der Waals surface area contributed by atoms with Crippen LogP contribution in [-0.4, -0.2) is 171 Å². The fourth-order valence-electron chi connectivity index (χ4n) is 11.5. The molecule has 17 rings (SSSR count). The molecule has 26 nitrogen and oxygen atoms in total. The zero-order valence-corrected chi connectivity index (χ0v) is 62.0. The van der Waals surface area contributed by atoms with Crippen LogP contribution >= 0.6 is 0 Å². The predicted molar refractivity (Wildman–Crippen MR) is 404 cm³/mol. The number of epoxide rings is 8. The van der Waals surface area contributed by atoms with Gasteiger partial charge in [-0.15, -0.1) is 15.0 Å². The summed E-state index contributed by atoms with van der Waals surface area (Å²) in [5, 5.41) is 0. The zero-order chi connectivity index (χ0) is 77.1. The second kappa shape index (κ2) is 37.9. The number of esters is 2. The maximum Gasteiger partial charge on any atom is 0.338 e. The zero-order valence-electron chi connectivity index (χ0n) is 62.0. The number of aromatic nitrogens is 5. The van der Waals surface area contributed by atoms with Crippen molar-refractivity contribution in [1.82, 2.24) is 24.1 Å². The van der Waals surface area contributed by atoms with Crippen LogP contribution in [-0.2, 0) is 84.6 Å². The van der Waals surface area contributed by atoms with E-state index < -0.39 is 11.9 Å². The molecule has 8 aliphatic rings. The Bertz CT molecular complexity index is 4600. The van der Waals surface area contributed by atoms with Crippen molar-refractivity contribution in [3.8, 4) is 23.8 Å². The number of ketones is 2. The quantitative estimate of drug-likeness (QED) is 0.0115. The van der Waals surface area contributed by atoms with E-state index in [9.17, 15) is 28.8 Å². The number of nitrogens with zero attached hydrogens (tertiary/aromatic N) is 5. The molecule has 0 radical (unpaired) electrons. The number of ether oxygens (including phenoxy) is 15. The minimum Gasteiger partial charge on any atom is -0.494 e. The first-order valence-corrected chi connectivity index (χ1v) is 37.5. The number of aryl methyl sites for hydroxylation is 1. The summed E-state index contributed by atoms with van der Waals surface area (Å²) >= 11 is 0. The highest BCUT2D eigenvalue weighted by atomic mass is 16.6. The summed E-state index contributed by atoms with van der Waals surface area (Å²) in [4.78, 5) is 87.6. The van der Waals surface area contributed by atoms with Gasteiger partial charge in [0.2, 0.25) is 0 Å². The normalized spacial score (nSPS) is 19.9. The van der Waals surface area contributed by atoms with Crippen LogP contribution in [0.1, 0.15) is 134 Å². The Morgan fingerprint density at radius 2 is 0.839 bits per heavy atom. The second-order valence-electron chi connectivity index (χ2n) is 27.9. The Morgan fingerprint density at radius 3 is 1.27 bits per heavy atom. The molecule has 0 amide bonds. The number of Topliss-reactive ketones (excluding diaryl/α,β-unsaturated/α-hetero) is 2. The lowest BCUT2D eigenvalue weighted by molar-refractivity contribution is 0.0468. The standard InChI is InChI=1S/C30H26O8.C23H22N2O4.C21H24O4.C12H15N3O5/c31-27(12-19-4-8-21(9-5-19)29(33)37-17-25-15-35-25)23-2-1-3-24(14-23)28(32)13-20-6-10-22(11-7-20)30(34)38-18-26-16-36-26;1-15-10-24(11-16-2-6-18(7-3-16)20-13-28-20)23(27)25(22(15)26)12-17-4-8-19(9-5-17)21-14-29-21;1(2-12-23-19-9-7-18(8-10-19)21-15-25-21)11-22-13-16-3-5-17(6-4-16)20-14-24-20;1-2-3-16-10-13-11(19-6-8-4-17-8)15-12(14-10)20-7-9-5-18-9/h1-11,14,25-26H,12-13,15-18H2;2-10,20-21H,11-14H2,1H3;3-10,20-21H,1-2,11-15H2;2,8-9H,1,3-7H2. The van der Waals surface area contributed by atoms with Crippen LogP contribution in [0.2, 0.25) is 0 Å². The van der Waals surface area contributed by atoms with Crippen LogP contribution in [0.15, 0.2) is 198 Å². The number of rotatable bonds is 37. The van der Waals surface area contributed by atoms with E-state index in [1.165, 1.54) is 21.3 Å². The first kappa shape index (κ1) is 77.8. The maximum absolute atomic E-state index is 13.0. The summed E-state index contributed by atoms with van der Waals surface area (Å²) in [6.45, 7) is 15.6. The molecule has 8 atom stereocenters. The molecular weight excluding hydrogens is 1440 g/mol. The van der Waals surface area contributed by atoms with E-state index in [0.717, 1.165) is 91.6 Å². The SMILES string of the molecule is C=CCOc1nc(OCC2CO2)nc(OCC2CO2)n1.Cc1cn(Cc2ccc(C3CO3)cc2)c(=O)n(Cc2ccc(C3CO3)cc2)c1=O.O=C(Cc1ccc(C(=O)OCC2CO2)cc1)c1cccc(C(=O)Cc2ccc(C(=O)OCC3CO3)cc2)c1.c1cc(C2CO2)ccc1COCCCCOc1ccc(C2CO2)cc1. The van der Waals surface area contributed by atoms with Gasteiger partial charge in [-0.25, -0.2) is 14.4 Å². The molecule has 2 aromatic heterocycles. The van der Waals surface area contributed by atoms with Crippen LogP contribution in [0, 0.1) is 6.92 Å². The second-order valence-corrected chi connectivity index (χ2v) is 27.9. The van der Waals surface area contributed by atoms with Gasteiger partial charge < -0.3 is 71.1 Å². The van der Waals surface area contributed by atoms with Crippen LogP contribution in [0.25, 0.3) is 0 Å². The molecule has 8 unspecified atom stereocenters. The van der Waals surface area contributed by atoms with Crippen LogP contribution < -0.4 is 30.2 Å². The van der Waals surface area contributed by atoms with E-state index >= 15 is 0 Å². The Kier molecular flexibility index (Phi) is 26.3.